The zero-order chi connectivity index (χ0) is 11.5. The molecule has 0 aromatic carbocycles. The Labute approximate surface area is 90.2 Å². The summed E-state index contributed by atoms with van der Waals surface area (Å²) in [6.07, 6.45) is 2.71. The molecule has 0 fully saturated rings. The quantitative estimate of drug-likeness (QED) is 0.526. The number of aliphatic hydroxyl groups is 1. The van der Waals surface area contributed by atoms with Gasteiger partial charge in [-0.25, -0.2) is 14.8 Å². The highest BCUT2D eigenvalue weighted by Gasteiger charge is 2.28. The fourth-order valence-corrected chi connectivity index (χ4v) is 1.28. The molecule has 2 rings (SSSR count). The van der Waals surface area contributed by atoms with Gasteiger partial charge in [-0.15, -0.1) is 0 Å². The fourth-order valence-electron chi connectivity index (χ4n) is 1.28. The molecule has 2 heterocycles. The van der Waals surface area contributed by atoms with Crippen LogP contribution in [0, 0.1) is 0 Å². The second kappa shape index (κ2) is 4.19. The summed E-state index contributed by atoms with van der Waals surface area (Å²) in [4.78, 5) is 26.3. The summed E-state index contributed by atoms with van der Waals surface area (Å²) in [6, 6.07) is -1.71. The van der Waals surface area contributed by atoms with E-state index in [-0.39, 0.29) is 5.84 Å². The number of carboxylic acid groups (broad SMARTS) is 1. The number of aliphatic hydroxyl groups excluding tert-OH is 1. The molecule has 8 nitrogen and oxygen atoms in total. The van der Waals surface area contributed by atoms with E-state index in [4.69, 9.17) is 10.2 Å². The van der Waals surface area contributed by atoms with Crippen molar-refractivity contribution < 1.29 is 15.0 Å². The second-order valence-corrected chi connectivity index (χ2v) is 3.11. The van der Waals surface area contributed by atoms with E-state index in [0.29, 0.717) is 5.84 Å². The molecule has 0 saturated heterocycles. The predicted molar refractivity (Wildman–Crippen MR) is 57.3 cm³/mol. The van der Waals surface area contributed by atoms with E-state index in [0.717, 1.165) is 0 Å². The molecule has 0 aromatic heterocycles. The van der Waals surface area contributed by atoms with Crippen LogP contribution in [0.1, 0.15) is 0 Å². The molecule has 0 radical (unpaired) electrons. The number of carboxylic acids is 1. The van der Waals surface area contributed by atoms with Gasteiger partial charge in [0, 0.05) is 0 Å². The summed E-state index contributed by atoms with van der Waals surface area (Å²) < 4.78 is 0. The number of hydrogen-bond acceptors (Lipinski definition) is 6. The van der Waals surface area contributed by atoms with Crippen LogP contribution in [0.5, 0.6) is 0 Å². The molecule has 2 atom stereocenters. The van der Waals surface area contributed by atoms with Gasteiger partial charge in [0.05, 0.1) is 12.9 Å². The highest BCUT2D eigenvalue weighted by Crippen LogP contribution is 2.08. The van der Waals surface area contributed by atoms with Crippen LogP contribution in [0.4, 0.5) is 0 Å². The van der Waals surface area contributed by atoms with Gasteiger partial charge >= 0.3 is 5.97 Å². The van der Waals surface area contributed by atoms with Gasteiger partial charge in [-0.3, -0.25) is 9.98 Å². The van der Waals surface area contributed by atoms with Gasteiger partial charge in [-0.05, 0) is 0 Å². The average molecular weight is 223 g/mol. The first-order valence-electron chi connectivity index (χ1n) is 4.52. The first kappa shape index (κ1) is 10.4. The first-order chi connectivity index (χ1) is 7.72. The van der Waals surface area contributed by atoms with E-state index in [1.165, 1.54) is 12.7 Å². The number of nitrogens with one attached hydrogen (secondary N) is 1. The Morgan fingerprint density at radius 2 is 2.50 bits per heavy atom. The maximum absolute atomic E-state index is 10.7. The molecule has 2 aliphatic heterocycles. The largest absolute Gasteiger partial charge is 0.480 e. The fraction of sp³-hybridized carbons (Fsp3) is 0.375. The molecule has 0 aromatic rings. The maximum Gasteiger partial charge on any atom is 0.330 e. The summed E-state index contributed by atoms with van der Waals surface area (Å²) in [5, 5.41) is 20.4. The molecule has 3 N–H and O–H groups in total. The molecule has 2 unspecified atom stereocenters. The lowest BCUT2D eigenvalue weighted by Crippen LogP contribution is -2.41. The van der Waals surface area contributed by atoms with Gasteiger partial charge in [-0.1, -0.05) is 0 Å². The van der Waals surface area contributed by atoms with Gasteiger partial charge in [-0.2, -0.15) is 0 Å². The van der Waals surface area contributed by atoms with E-state index in [1.807, 2.05) is 0 Å². The van der Waals surface area contributed by atoms with E-state index < -0.39 is 24.7 Å². The van der Waals surface area contributed by atoms with Crippen molar-refractivity contribution in [3.63, 3.8) is 0 Å². The molecule has 0 spiro atoms. The molecule has 0 saturated carbocycles. The lowest BCUT2D eigenvalue weighted by atomic mass is 10.2. The standard InChI is InChI=1S/C8H9N5O3/c14-1-4(8(15)16)13-7-5-6(10-2-9-5)11-3-12-7/h2-5,14H,1H2,(H,15,16)(H,9,10,11,12,13). The summed E-state index contributed by atoms with van der Waals surface area (Å²) in [5.74, 6) is -0.423. The zero-order valence-corrected chi connectivity index (χ0v) is 8.11. The molecular formula is C8H9N5O3. The highest BCUT2D eigenvalue weighted by atomic mass is 16.4. The van der Waals surface area contributed by atoms with Crippen molar-refractivity contribution in [2.45, 2.75) is 12.1 Å². The van der Waals surface area contributed by atoms with Crippen LogP contribution in [0.15, 0.2) is 20.0 Å². The molecule has 16 heavy (non-hydrogen) atoms. The minimum Gasteiger partial charge on any atom is -0.480 e. The molecular weight excluding hydrogens is 214 g/mol. The Bertz CT molecular complexity index is 425. The van der Waals surface area contributed by atoms with Crippen molar-refractivity contribution in [3.05, 3.63) is 0 Å². The topological polar surface area (TPSA) is 119 Å². The van der Waals surface area contributed by atoms with Crippen molar-refractivity contribution in [2.75, 3.05) is 6.61 Å². The number of hydrogen-bond donors (Lipinski definition) is 3. The summed E-state index contributed by atoms with van der Waals surface area (Å²) in [6.45, 7) is -0.579. The molecule has 0 bridgehead atoms. The minimum absolute atomic E-state index is 0.229. The molecule has 0 aliphatic carbocycles. The van der Waals surface area contributed by atoms with E-state index in [1.54, 1.807) is 0 Å². The zero-order valence-electron chi connectivity index (χ0n) is 8.11. The normalized spacial score (nSPS) is 26.2. The van der Waals surface area contributed by atoms with Crippen LogP contribution in [0.3, 0.4) is 0 Å². The van der Waals surface area contributed by atoms with E-state index >= 15 is 0 Å². The van der Waals surface area contributed by atoms with Crippen LogP contribution >= 0.6 is 0 Å². The van der Waals surface area contributed by atoms with Crippen molar-refractivity contribution in [2.24, 2.45) is 20.0 Å². The molecule has 8 heteroatoms. The Kier molecular flexibility index (Phi) is 2.73. The third-order valence-corrected chi connectivity index (χ3v) is 2.07. The van der Waals surface area contributed by atoms with Crippen molar-refractivity contribution in [3.8, 4) is 0 Å². The Balaban J connectivity index is 2.25. The van der Waals surface area contributed by atoms with Gasteiger partial charge in [0.15, 0.2) is 17.9 Å². The lowest BCUT2D eigenvalue weighted by Gasteiger charge is -2.16. The predicted octanol–water partition coefficient (Wildman–Crippen LogP) is -1.73. The van der Waals surface area contributed by atoms with Gasteiger partial charge in [0.25, 0.3) is 0 Å². The van der Waals surface area contributed by atoms with Crippen LogP contribution in [0.2, 0.25) is 0 Å². The van der Waals surface area contributed by atoms with Crippen LogP contribution < -0.4 is 5.32 Å². The second-order valence-electron chi connectivity index (χ2n) is 3.11. The maximum atomic E-state index is 10.7. The van der Waals surface area contributed by atoms with Gasteiger partial charge < -0.3 is 15.5 Å². The highest BCUT2D eigenvalue weighted by molar-refractivity contribution is 6.21. The third-order valence-electron chi connectivity index (χ3n) is 2.07. The van der Waals surface area contributed by atoms with Gasteiger partial charge in [0.1, 0.15) is 12.2 Å². The summed E-state index contributed by atoms with van der Waals surface area (Å²) >= 11 is 0. The van der Waals surface area contributed by atoms with Crippen molar-refractivity contribution in [1.82, 2.24) is 5.32 Å². The Morgan fingerprint density at radius 3 is 3.19 bits per heavy atom. The lowest BCUT2D eigenvalue weighted by molar-refractivity contribution is -0.139. The SMILES string of the molecule is O=C(O)C(CO)N=C1N=CNC2=NC=NC12. The summed E-state index contributed by atoms with van der Waals surface area (Å²) in [5.41, 5.74) is 0. The van der Waals surface area contributed by atoms with Crippen molar-refractivity contribution in [1.29, 1.82) is 0 Å². The van der Waals surface area contributed by atoms with Crippen LogP contribution in [-0.4, -0.2) is 59.2 Å². The number of fused-ring (bicyclic) bond motifs is 1. The third kappa shape index (κ3) is 1.82. The molecule has 2 aliphatic rings. The first-order valence-corrected chi connectivity index (χ1v) is 4.52. The van der Waals surface area contributed by atoms with E-state index in [2.05, 4.69) is 25.3 Å². The average Bonchev–Trinajstić information content (AvgIpc) is 2.73. The number of rotatable bonds is 3. The molecule has 84 valence electrons. The Hall–Kier alpha value is -2.09. The van der Waals surface area contributed by atoms with Crippen LogP contribution in [0.25, 0.3) is 0 Å². The monoisotopic (exact) mass is 223 g/mol. The number of amidine groups is 2. The summed E-state index contributed by atoms with van der Waals surface area (Å²) in [7, 11) is 0. The number of carbonyl (C=O) groups is 1. The van der Waals surface area contributed by atoms with Crippen LogP contribution in [-0.2, 0) is 4.79 Å². The van der Waals surface area contributed by atoms with Crippen molar-refractivity contribution >= 4 is 30.3 Å². The Morgan fingerprint density at radius 1 is 1.69 bits per heavy atom. The smallest absolute Gasteiger partial charge is 0.330 e. The van der Waals surface area contributed by atoms with E-state index in [9.17, 15) is 4.79 Å². The number of nitrogens with zero attached hydrogens (tertiary/aromatic N) is 4. The number of aliphatic imine (C=N–C) groups is 4. The molecule has 0 amide bonds. The minimum atomic E-state index is -1.22. The number of aliphatic carboxylic acids is 1. The van der Waals surface area contributed by atoms with Gasteiger partial charge in [0.2, 0.25) is 0 Å².